The summed E-state index contributed by atoms with van der Waals surface area (Å²) in [7, 11) is 1.56. The topological polar surface area (TPSA) is 67.9 Å². The lowest BCUT2D eigenvalue weighted by Crippen LogP contribution is -2.49. The van der Waals surface area contributed by atoms with Crippen molar-refractivity contribution in [1.82, 2.24) is 10.2 Å². The molecular weight excluding hydrogens is 332 g/mol. The van der Waals surface area contributed by atoms with Gasteiger partial charge in [0.2, 0.25) is 5.91 Å². The molecule has 0 unspecified atom stereocenters. The van der Waals surface area contributed by atoms with Crippen molar-refractivity contribution in [2.45, 2.75) is 46.6 Å². The van der Waals surface area contributed by atoms with Gasteiger partial charge >= 0.3 is 0 Å². The summed E-state index contributed by atoms with van der Waals surface area (Å²) in [5, 5.41) is 3.06. The van der Waals surface area contributed by atoms with Gasteiger partial charge in [-0.15, -0.1) is 0 Å². The molecule has 6 heteroatoms. The van der Waals surface area contributed by atoms with Crippen molar-refractivity contribution < 1.29 is 19.1 Å². The summed E-state index contributed by atoms with van der Waals surface area (Å²) in [6.07, 6.45) is 1.53. The fraction of sp³-hybridized carbons (Fsp3) is 0.600. The third-order valence-corrected chi connectivity index (χ3v) is 4.48. The molecule has 2 amide bonds. The van der Waals surface area contributed by atoms with Crippen molar-refractivity contribution in [3.8, 4) is 11.5 Å². The molecule has 26 heavy (non-hydrogen) atoms. The maximum Gasteiger partial charge on any atom is 0.251 e. The molecule has 0 bridgehead atoms. The van der Waals surface area contributed by atoms with Crippen LogP contribution in [-0.4, -0.2) is 49.6 Å². The van der Waals surface area contributed by atoms with Gasteiger partial charge in [0.15, 0.2) is 11.5 Å². The van der Waals surface area contributed by atoms with E-state index < -0.39 is 0 Å². The molecule has 1 saturated heterocycles. The molecule has 0 saturated carbocycles. The van der Waals surface area contributed by atoms with Gasteiger partial charge in [0.25, 0.3) is 5.91 Å². The van der Waals surface area contributed by atoms with Crippen molar-refractivity contribution in [1.29, 1.82) is 0 Å². The number of likely N-dealkylation sites (tertiary alicyclic amines) is 1. The van der Waals surface area contributed by atoms with Crippen LogP contribution in [0.2, 0.25) is 0 Å². The van der Waals surface area contributed by atoms with Crippen molar-refractivity contribution in [2.24, 2.45) is 5.41 Å². The lowest BCUT2D eigenvalue weighted by molar-refractivity contribution is -0.140. The third-order valence-electron chi connectivity index (χ3n) is 4.48. The zero-order valence-electron chi connectivity index (χ0n) is 16.4. The Kier molecular flexibility index (Phi) is 6.51. The molecule has 1 aromatic rings. The zero-order chi connectivity index (χ0) is 19.3. The number of nitrogens with one attached hydrogen (secondary N) is 1. The second-order valence-electron chi connectivity index (χ2n) is 7.59. The van der Waals surface area contributed by atoms with Crippen LogP contribution in [0.1, 0.15) is 50.9 Å². The van der Waals surface area contributed by atoms with Gasteiger partial charge < -0.3 is 19.7 Å². The van der Waals surface area contributed by atoms with Crippen LogP contribution in [0.15, 0.2) is 18.2 Å². The van der Waals surface area contributed by atoms with Gasteiger partial charge in [-0.2, -0.15) is 0 Å². The number of benzene rings is 1. The molecule has 0 spiro atoms. The highest BCUT2D eigenvalue weighted by atomic mass is 16.5. The van der Waals surface area contributed by atoms with Crippen LogP contribution in [0.3, 0.4) is 0 Å². The Bertz CT molecular complexity index is 644. The number of hydrogen-bond acceptors (Lipinski definition) is 4. The van der Waals surface area contributed by atoms with E-state index in [1.165, 1.54) is 0 Å². The van der Waals surface area contributed by atoms with Crippen molar-refractivity contribution in [2.75, 3.05) is 26.8 Å². The number of hydrogen-bond donors (Lipinski definition) is 1. The molecule has 6 nitrogen and oxygen atoms in total. The Labute approximate surface area is 155 Å². The SMILES string of the molecule is CCOc1ccc(C(=O)NC2CCN(C(=O)C(C)(C)C)CC2)cc1OC. The quantitative estimate of drug-likeness (QED) is 0.875. The minimum absolute atomic E-state index is 0.0732. The van der Waals surface area contributed by atoms with Crippen LogP contribution in [-0.2, 0) is 4.79 Å². The van der Waals surface area contributed by atoms with Crippen LogP contribution in [0.25, 0.3) is 0 Å². The minimum Gasteiger partial charge on any atom is -0.493 e. The lowest BCUT2D eigenvalue weighted by Gasteiger charge is -2.36. The normalized spacial score (nSPS) is 15.5. The van der Waals surface area contributed by atoms with Crippen molar-refractivity contribution >= 4 is 11.8 Å². The summed E-state index contributed by atoms with van der Waals surface area (Å²) in [4.78, 5) is 26.8. The monoisotopic (exact) mass is 362 g/mol. The second-order valence-corrected chi connectivity index (χ2v) is 7.59. The average Bonchev–Trinajstić information content (AvgIpc) is 2.61. The van der Waals surface area contributed by atoms with E-state index in [1.54, 1.807) is 25.3 Å². The van der Waals surface area contributed by atoms with Gasteiger partial charge in [-0.3, -0.25) is 9.59 Å². The first-order valence-electron chi connectivity index (χ1n) is 9.17. The minimum atomic E-state index is -0.366. The number of amides is 2. The van der Waals surface area contributed by atoms with E-state index in [0.29, 0.717) is 36.8 Å². The smallest absolute Gasteiger partial charge is 0.251 e. The Balaban J connectivity index is 1.94. The number of carbonyl (C=O) groups excluding carboxylic acids is 2. The maximum atomic E-state index is 12.5. The van der Waals surface area contributed by atoms with Gasteiger partial charge in [-0.05, 0) is 38.0 Å². The van der Waals surface area contributed by atoms with E-state index in [9.17, 15) is 9.59 Å². The van der Waals surface area contributed by atoms with E-state index in [4.69, 9.17) is 9.47 Å². The average molecular weight is 362 g/mol. The first-order chi connectivity index (χ1) is 12.3. The fourth-order valence-corrected chi connectivity index (χ4v) is 3.05. The maximum absolute atomic E-state index is 12.5. The number of piperidine rings is 1. The molecule has 1 heterocycles. The van der Waals surface area contributed by atoms with E-state index >= 15 is 0 Å². The summed E-state index contributed by atoms with van der Waals surface area (Å²) in [5.74, 6) is 1.20. The Morgan fingerprint density at radius 1 is 1.19 bits per heavy atom. The fourth-order valence-electron chi connectivity index (χ4n) is 3.05. The highest BCUT2D eigenvalue weighted by Crippen LogP contribution is 2.28. The predicted octanol–water partition coefficient (Wildman–Crippen LogP) is 2.86. The summed E-state index contributed by atoms with van der Waals surface area (Å²) >= 11 is 0. The molecule has 1 N–H and O–H groups in total. The molecule has 1 aromatic carbocycles. The van der Waals surface area contributed by atoms with Crippen LogP contribution >= 0.6 is 0 Å². The van der Waals surface area contributed by atoms with E-state index in [0.717, 1.165) is 12.8 Å². The van der Waals surface area contributed by atoms with Crippen LogP contribution < -0.4 is 14.8 Å². The zero-order valence-corrected chi connectivity index (χ0v) is 16.4. The van der Waals surface area contributed by atoms with E-state index in [2.05, 4.69) is 5.32 Å². The number of nitrogens with zero attached hydrogens (tertiary/aromatic N) is 1. The first kappa shape index (κ1) is 20.1. The third kappa shape index (κ3) is 4.90. The predicted molar refractivity (Wildman–Crippen MR) is 101 cm³/mol. The standard InChI is InChI=1S/C20H30N2O4/c1-6-26-16-8-7-14(13-17(16)25-5)18(23)21-15-9-11-22(12-10-15)19(24)20(2,3)4/h7-8,13,15H,6,9-12H2,1-5H3,(H,21,23). The summed E-state index contributed by atoms with van der Waals surface area (Å²) in [5.41, 5.74) is 0.174. The van der Waals surface area contributed by atoms with E-state index in [-0.39, 0.29) is 23.3 Å². The number of ether oxygens (including phenoxy) is 2. The molecule has 2 rings (SSSR count). The number of carbonyl (C=O) groups is 2. The number of rotatable bonds is 5. The van der Waals surface area contributed by atoms with Gasteiger partial charge in [-0.1, -0.05) is 20.8 Å². The molecule has 0 atom stereocenters. The lowest BCUT2D eigenvalue weighted by atomic mass is 9.93. The molecule has 1 fully saturated rings. The summed E-state index contributed by atoms with van der Waals surface area (Å²) in [6, 6.07) is 5.26. The Morgan fingerprint density at radius 3 is 2.38 bits per heavy atom. The van der Waals surface area contributed by atoms with Gasteiger partial charge in [0.05, 0.1) is 13.7 Å². The highest BCUT2D eigenvalue weighted by Gasteiger charge is 2.30. The second kappa shape index (κ2) is 8.43. The van der Waals surface area contributed by atoms with Crippen LogP contribution in [0.5, 0.6) is 11.5 Å². The molecule has 1 aliphatic rings. The molecule has 144 valence electrons. The summed E-state index contributed by atoms with van der Waals surface area (Å²) < 4.78 is 10.8. The molecule has 0 aliphatic carbocycles. The van der Waals surface area contributed by atoms with Crippen molar-refractivity contribution in [3.05, 3.63) is 23.8 Å². The van der Waals surface area contributed by atoms with Gasteiger partial charge in [-0.25, -0.2) is 0 Å². The van der Waals surface area contributed by atoms with Crippen molar-refractivity contribution in [3.63, 3.8) is 0 Å². The van der Waals surface area contributed by atoms with Gasteiger partial charge in [0.1, 0.15) is 0 Å². The van der Waals surface area contributed by atoms with Crippen LogP contribution in [0, 0.1) is 5.41 Å². The highest BCUT2D eigenvalue weighted by molar-refractivity contribution is 5.95. The molecular formula is C20H30N2O4. The van der Waals surface area contributed by atoms with Crippen LogP contribution in [0.4, 0.5) is 0 Å². The summed E-state index contributed by atoms with van der Waals surface area (Å²) in [6.45, 7) is 9.58. The number of methoxy groups -OCH3 is 1. The molecule has 1 aliphatic heterocycles. The Hall–Kier alpha value is -2.24. The molecule has 0 aromatic heterocycles. The van der Waals surface area contributed by atoms with E-state index in [1.807, 2.05) is 32.6 Å². The molecule has 0 radical (unpaired) electrons. The largest absolute Gasteiger partial charge is 0.493 e. The van der Waals surface area contributed by atoms with Gasteiger partial charge in [0, 0.05) is 30.1 Å². The Morgan fingerprint density at radius 2 is 1.85 bits per heavy atom. The first-order valence-corrected chi connectivity index (χ1v) is 9.17.